The number of nitrogens with one attached hydrogen (secondary N) is 2. The Morgan fingerprint density at radius 2 is 1.68 bits per heavy atom. The maximum absolute atomic E-state index is 12.6. The van der Waals surface area contributed by atoms with Crippen molar-refractivity contribution in [3.05, 3.63) is 59.7 Å². The van der Waals surface area contributed by atoms with Crippen LogP contribution in [-0.2, 0) is 4.79 Å². The van der Waals surface area contributed by atoms with Crippen molar-refractivity contribution in [2.75, 3.05) is 5.32 Å². The molecule has 0 bridgehead atoms. The van der Waals surface area contributed by atoms with Gasteiger partial charge in [0, 0.05) is 17.3 Å². The molecule has 2 N–H and O–H groups in total. The second kappa shape index (κ2) is 11.0. The molecule has 1 saturated carbocycles. The number of benzene rings is 2. The number of amides is 2. The van der Waals surface area contributed by atoms with Crippen LogP contribution in [-0.4, -0.2) is 24.0 Å². The highest BCUT2D eigenvalue weighted by molar-refractivity contribution is 5.97. The molecule has 2 atom stereocenters. The summed E-state index contributed by atoms with van der Waals surface area (Å²) < 4.78 is 5.97. The van der Waals surface area contributed by atoms with Gasteiger partial charge >= 0.3 is 0 Å². The van der Waals surface area contributed by atoms with Crippen LogP contribution in [0.15, 0.2) is 48.5 Å². The number of anilines is 1. The number of rotatable bonds is 8. The standard InChI is InChI=1S/C26H34N2O3/c1-4-18(2)23-12-8-9-13-24(23)31-19(3)25(29)27-22-16-14-20(15-17-22)26(30)28-21-10-6-5-7-11-21/h8-9,12-19,21H,4-7,10-11H2,1-3H3,(H,27,29)(H,28,30). The third-order valence-corrected chi connectivity index (χ3v) is 6.09. The molecule has 5 heteroatoms. The maximum Gasteiger partial charge on any atom is 0.265 e. The van der Waals surface area contributed by atoms with Crippen LogP contribution in [0.5, 0.6) is 5.75 Å². The normalized spacial score (nSPS) is 16.2. The fourth-order valence-electron chi connectivity index (χ4n) is 3.92. The molecule has 2 amide bonds. The van der Waals surface area contributed by atoms with E-state index in [1.807, 2.05) is 24.3 Å². The van der Waals surface area contributed by atoms with Gasteiger partial charge in [-0.25, -0.2) is 0 Å². The van der Waals surface area contributed by atoms with E-state index >= 15 is 0 Å². The lowest BCUT2D eigenvalue weighted by molar-refractivity contribution is -0.122. The van der Waals surface area contributed by atoms with Gasteiger partial charge in [0.15, 0.2) is 6.10 Å². The SMILES string of the molecule is CCC(C)c1ccccc1OC(C)C(=O)Nc1ccc(C(=O)NC2CCCCC2)cc1. The van der Waals surface area contributed by atoms with Crippen LogP contribution < -0.4 is 15.4 Å². The van der Waals surface area contributed by atoms with Crippen molar-refractivity contribution in [1.82, 2.24) is 5.32 Å². The van der Waals surface area contributed by atoms with Crippen molar-refractivity contribution < 1.29 is 14.3 Å². The van der Waals surface area contributed by atoms with Crippen LogP contribution in [0.1, 0.15) is 81.1 Å². The fraction of sp³-hybridized carbons (Fsp3) is 0.462. The molecule has 5 nitrogen and oxygen atoms in total. The van der Waals surface area contributed by atoms with Crippen LogP contribution in [0.2, 0.25) is 0 Å². The number of carbonyl (C=O) groups is 2. The largest absolute Gasteiger partial charge is 0.481 e. The quantitative estimate of drug-likeness (QED) is 0.576. The Balaban J connectivity index is 1.56. The summed E-state index contributed by atoms with van der Waals surface area (Å²) >= 11 is 0. The summed E-state index contributed by atoms with van der Waals surface area (Å²) in [4.78, 5) is 25.1. The minimum absolute atomic E-state index is 0.0527. The van der Waals surface area contributed by atoms with E-state index in [0.29, 0.717) is 17.2 Å². The average Bonchev–Trinajstić information content (AvgIpc) is 2.80. The van der Waals surface area contributed by atoms with Gasteiger partial charge in [-0.2, -0.15) is 0 Å². The van der Waals surface area contributed by atoms with Gasteiger partial charge in [0.25, 0.3) is 11.8 Å². The van der Waals surface area contributed by atoms with E-state index in [9.17, 15) is 9.59 Å². The number of carbonyl (C=O) groups excluding carboxylic acids is 2. The topological polar surface area (TPSA) is 67.4 Å². The van der Waals surface area contributed by atoms with Gasteiger partial charge in [-0.15, -0.1) is 0 Å². The molecule has 1 fully saturated rings. The summed E-state index contributed by atoms with van der Waals surface area (Å²) in [7, 11) is 0. The van der Waals surface area contributed by atoms with Gasteiger partial charge < -0.3 is 15.4 Å². The Morgan fingerprint density at radius 1 is 1.00 bits per heavy atom. The lowest BCUT2D eigenvalue weighted by atomic mass is 9.95. The summed E-state index contributed by atoms with van der Waals surface area (Å²) in [6.07, 6.45) is 6.08. The molecular weight excluding hydrogens is 388 g/mol. The van der Waals surface area contributed by atoms with Crippen LogP contribution in [0.3, 0.4) is 0 Å². The molecule has 1 aliphatic carbocycles. The number of para-hydroxylation sites is 1. The summed E-state index contributed by atoms with van der Waals surface area (Å²) in [6, 6.07) is 15.2. The number of ether oxygens (including phenoxy) is 1. The van der Waals surface area contributed by atoms with Crippen molar-refractivity contribution in [2.24, 2.45) is 0 Å². The molecule has 2 aromatic carbocycles. The Morgan fingerprint density at radius 3 is 2.35 bits per heavy atom. The zero-order valence-electron chi connectivity index (χ0n) is 18.8. The monoisotopic (exact) mass is 422 g/mol. The van der Waals surface area contributed by atoms with Gasteiger partial charge in [0.1, 0.15) is 5.75 Å². The first-order chi connectivity index (χ1) is 15.0. The highest BCUT2D eigenvalue weighted by Gasteiger charge is 2.19. The van der Waals surface area contributed by atoms with Crippen molar-refractivity contribution >= 4 is 17.5 Å². The highest BCUT2D eigenvalue weighted by atomic mass is 16.5. The molecule has 0 radical (unpaired) electrons. The Kier molecular flexibility index (Phi) is 8.10. The van der Waals surface area contributed by atoms with E-state index < -0.39 is 6.10 Å². The maximum atomic E-state index is 12.6. The Hall–Kier alpha value is -2.82. The van der Waals surface area contributed by atoms with E-state index in [0.717, 1.165) is 30.6 Å². The molecule has 3 rings (SSSR count). The van der Waals surface area contributed by atoms with Crippen LogP contribution in [0, 0.1) is 0 Å². The number of hydrogen-bond acceptors (Lipinski definition) is 3. The van der Waals surface area contributed by atoms with Crippen molar-refractivity contribution in [2.45, 2.75) is 77.4 Å². The Labute approximate surface area is 185 Å². The van der Waals surface area contributed by atoms with Gasteiger partial charge in [-0.05, 0) is 68.0 Å². The second-order valence-electron chi connectivity index (χ2n) is 8.48. The van der Waals surface area contributed by atoms with Crippen LogP contribution in [0.4, 0.5) is 5.69 Å². The van der Waals surface area contributed by atoms with E-state index in [2.05, 4.69) is 24.5 Å². The van der Waals surface area contributed by atoms with E-state index in [4.69, 9.17) is 4.74 Å². The predicted octanol–water partition coefficient (Wildman–Crippen LogP) is 5.67. The van der Waals surface area contributed by atoms with Gasteiger partial charge in [0.05, 0.1) is 0 Å². The third-order valence-electron chi connectivity index (χ3n) is 6.09. The van der Waals surface area contributed by atoms with Crippen LogP contribution in [0.25, 0.3) is 0 Å². The summed E-state index contributed by atoms with van der Waals surface area (Å²) in [5, 5.41) is 5.99. The van der Waals surface area contributed by atoms with E-state index in [1.165, 1.54) is 19.3 Å². The van der Waals surface area contributed by atoms with Gasteiger partial charge in [-0.3, -0.25) is 9.59 Å². The molecule has 2 unspecified atom stereocenters. The zero-order chi connectivity index (χ0) is 22.2. The van der Waals surface area contributed by atoms with Crippen molar-refractivity contribution in [1.29, 1.82) is 0 Å². The molecule has 31 heavy (non-hydrogen) atoms. The van der Waals surface area contributed by atoms with Crippen molar-refractivity contribution in [3.8, 4) is 5.75 Å². The average molecular weight is 423 g/mol. The third kappa shape index (κ3) is 6.33. The summed E-state index contributed by atoms with van der Waals surface area (Å²) in [5.41, 5.74) is 2.36. The molecular formula is C26H34N2O3. The molecule has 166 valence electrons. The predicted molar refractivity (Wildman–Crippen MR) is 125 cm³/mol. The first-order valence-electron chi connectivity index (χ1n) is 11.4. The van der Waals surface area contributed by atoms with Gasteiger partial charge in [-0.1, -0.05) is 51.3 Å². The smallest absolute Gasteiger partial charge is 0.265 e. The molecule has 0 aliphatic heterocycles. The second-order valence-corrected chi connectivity index (χ2v) is 8.48. The van der Waals surface area contributed by atoms with E-state index in [-0.39, 0.29) is 17.9 Å². The first kappa shape index (κ1) is 22.9. The molecule has 0 spiro atoms. The Bertz CT molecular complexity index is 872. The zero-order valence-corrected chi connectivity index (χ0v) is 18.8. The molecule has 1 aliphatic rings. The minimum atomic E-state index is -0.639. The molecule has 0 saturated heterocycles. The van der Waals surface area contributed by atoms with Crippen molar-refractivity contribution in [3.63, 3.8) is 0 Å². The summed E-state index contributed by atoms with van der Waals surface area (Å²) in [6.45, 7) is 6.03. The summed E-state index contributed by atoms with van der Waals surface area (Å²) in [5.74, 6) is 0.828. The lowest BCUT2D eigenvalue weighted by Gasteiger charge is -2.22. The molecule has 2 aromatic rings. The minimum Gasteiger partial charge on any atom is -0.481 e. The molecule has 0 heterocycles. The first-order valence-corrected chi connectivity index (χ1v) is 11.4. The molecule has 0 aromatic heterocycles. The van der Waals surface area contributed by atoms with Gasteiger partial charge in [0.2, 0.25) is 0 Å². The number of hydrogen-bond donors (Lipinski definition) is 2. The highest BCUT2D eigenvalue weighted by Crippen LogP contribution is 2.29. The fourth-order valence-corrected chi connectivity index (χ4v) is 3.92. The lowest BCUT2D eigenvalue weighted by Crippen LogP contribution is -2.36. The van der Waals surface area contributed by atoms with Crippen LogP contribution >= 0.6 is 0 Å². The van der Waals surface area contributed by atoms with E-state index in [1.54, 1.807) is 31.2 Å².